The number of hydrogen-bond donors (Lipinski definition) is 1. The second kappa shape index (κ2) is 4.13. The quantitative estimate of drug-likeness (QED) is 0.833. The van der Waals surface area contributed by atoms with Gasteiger partial charge in [0.25, 0.3) is 0 Å². The molecule has 2 saturated heterocycles. The van der Waals surface area contributed by atoms with Crippen molar-refractivity contribution in [3.8, 4) is 0 Å². The summed E-state index contributed by atoms with van der Waals surface area (Å²) >= 11 is 0. The van der Waals surface area contributed by atoms with Gasteiger partial charge in [0.05, 0.1) is 0 Å². The third-order valence-corrected chi connectivity index (χ3v) is 4.38. The van der Waals surface area contributed by atoms with Crippen molar-refractivity contribution in [3.05, 3.63) is 23.8 Å². The normalized spacial score (nSPS) is 29.8. The van der Waals surface area contributed by atoms with Gasteiger partial charge in [0.2, 0.25) is 0 Å². The highest BCUT2D eigenvalue weighted by Crippen LogP contribution is 2.33. The van der Waals surface area contributed by atoms with Crippen LogP contribution in [0.4, 0.5) is 0 Å². The Morgan fingerprint density at radius 1 is 1.16 bits per heavy atom. The zero-order valence-corrected chi connectivity index (χ0v) is 10.5. The van der Waals surface area contributed by atoms with E-state index in [2.05, 4.69) is 20.3 Å². The zero-order valence-electron chi connectivity index (χ0n) is 10.5. The van der Waals surface area contributed by atoms with Crippen LogP contribution in [0.1, 0.15) is 36.0 Å². The summed E-state index contributed by atoms with van der Waals surface area (Å²) in [5, 5.41) is 11.1. The number of benzene rings is 1. The van der Waals surface area contributed by atoms with Crippen LogP contribution >= 0.6 is 0 Å². The molecule has 1 aromatic heterocycles. The van der Waals surface area contributed by atoms with E-state index < -0.39 is 0 Å². The summed E-state index contributed by atoms with van der Waals surface area (Å²) in [5.74, 6) is 0.388. The van der Waals surface area contributed by atoms with Crippen LogP contribution in [0.5, 0.6) is 0 Å². The SMILES string of the molecule is O=C(c1ccc2nonc2c1)C1CC2CCC(C1)N2. The fourth-order valence-corrected chi connectivity index (χ4v) is 3.44. The number of fused-ring (bicyclic) bond motifs is 3. The molecular formula is C14H15N3O2. The van der Waals surface area contributed by atoms with Gasteiger partial charge in [-0.25, -0.2) is 4.63 Å². The number of Topliss-reactive ketones (excluding diaryl/α,β-unsaturated/α-hetero) is 1. The number of nitrogens with one attached hydrogen (secondary N) is 1. The maximum Gasteiger partial charge on any atom is 0.166 e. The average molecular weight is 257 g/mol. The van der Waals surface area contributed by atoms with E-state index in [1.54, 1.807) is 12.1 Å². The number of rotatable bonds is 2. The second-order valence-corrected chi connectivity index (χ2v) is 5.64. The Kier molecular flexibility index (Phi) is 2.41. The Morgan fingerprint density at radius 2 is 1.89 bits per heavy atom. The zero-order chi connectivity index (χ0) is 12.8. The summed E-state index contributed by atoms with van der Waals surface area (Å²) in [6.45, 7) is 0. The van der Waals surface area contributed by atoms with Crippen molar-refractivity contribution < 1.29 is 9.42 Å². The molecule has 2 atom stereocenters. The van der Waals surface area contributed by atoms with E-state index in [9.17, 15) is 4.79 Å². The van der Waals surface area contributed by atoms with Crippen molar-refractivity contribution in [3.63, 3.8) is 0 Å². The first-order chi connectivity index (χ1) is 9.29. The lowest BCUT2D eigenvalue weighted by atomic mass is 9.86. The molecule has 3 heterocycles. The summed E-state index contributed by atoms with van der Waals surface area (Å²) < 4.78 is 4.67. The van der Waals surface area contributed by atoms with Crippen LogP contribution in [0, 0.1) is 5.92 Å². The first-order valence-electron chi connectivity index (χ1n) is 6.82. The minimum Gasteiger partial charge on any atom is -0.311 e. The molecule has 1 N–H and O–H groups in total. The number of hydrogen-bond acceptors (Lipinski definition) is 5. The van der Waals surface area contributed by atoms with Crippen molar-refractivity contribution in [1.29, 1.82) is 0 Å². The number of carbonyl (C=O) groups excluding carboxylic acids is 1. The molecule has 5 nitrogen and oxygen atoms in total. The molecule has 2 bridgehead atoms. The van der Waals surface area contributed by atoms with E-state index in [0.29, 0.717) is 23.1 Å². The molecule has 2 aliphatic heterocycles. The highest BCUT2D eigenvalue weighted by Gasteiger charge is 2.36. The Labute approximate surface area is 110 Å². The summed E-state index contributed by atoms with van der Waals surface area (Å²) in [6, 6.07) is 6.49. The molecule has 0 amide bonds. The fourth-order valence-electron chi connectivity index (χ4n) is 3.44. The first kappa shape index (κ1) is 11.1. The van der Waals surface area contributed by atoms with Gasteiger partial charge in [0.1, 0.15) is 11.0 Å². The summed E-state index contributed by atoms with van der Waals surface area (Å²) in [6.07, 6.45) is 4.34. The van der Waals surface area contributed by atoms with Crippen LogP contribution in [0.25, 0.3) is 11.0 Å². The maximum absolute atomic E-state index is 12.6. The van der Waals surface area contributed by atoms with Gasteiger partial charge in [-0.3, -0.25) is 4.79 Å². The predicted molar refractivity (Wildman–Crippen MR) is 68.8 cm³/mol. The smallest absolute Gasteiger partial charge is 0.166 e. The van der Waals surface area contributed by atoms with Gasteiger partial charge in [0.15, 0.2) is 5.78 Å². The molecule has 98 valence electrons. The predicted octanol–water partition coefficient (Wildman–Crippen LogP) is 1.94. The number of nitrogens with zero attached hydrogens (tertiary/aromatic N) is 2. The Balaban J connectivity index is 1.62. The fraction of sp³-hybridized carbons (Fsp3) is 0.500. The van der Waals surface area contributed by atoms with Gasteiger partial charge in [-0.1, -0.05) is 0 Å². The monoisotopic (exact) mass is 257 g/mol. The molecule has 0 aliphatic carbocycles. The van der Waals surface area contributed by atoms with Gasteiger partial charge < -0.3 is 5.32 Å². The lowest BCUT2D eigenvalue weighted by Crippen LogP contribution is -2.40. The van der Waals surface area contributed by atoms with E-state index in [-0.39, 0.29) is 11.7 Å². The van der Waals surface area contributed by atoms with Crippen LogP contribution in [0.2, 0.25) is 0 Å². The topological polar surface area (TPSA) is 68.0 Å². The highest BCUT2D eigenvalue weighted by atomic mass is 16.6. The summed E-state index contributed by atoms with van der Waals surface area (Å²) in [4.78, 5) is 12.6. The Bertz CT molecular complexity index is 624. The molecule has 2 aromatic rings. The Hall–Kier alpha value is -1.75. The molecule has 2 fully saturated rings. The van der Waals surface area contributed by atoms with Crippen LogP contribution in [0.15, 0.2) is 22.8 Å². The van der Waals surface area contributed by atoms with Crippen molar-refractivity contribution in [1.82, 2.24) is 15.6 Å². The first-order valence-corrected chi connectivity index (χ1v) is 6.82. The minimum atomic E-state index is 0.149. The van der Waals surface area contributed by atoms with Crippen LogP contribution in [0.3, 0.4) is 0 Å². The lowest BCUT2D eigenvalue weighted by Gasteiger charge is -2.28. The molecule has 1 aromatic carbocycles. The van der Waals surface area contributed by atoms with Gasteiger partial charge in [-0.05, 0) is 54.2 Å². The minimum absolute atomic E-state index is 0.149. The average Bonchev–Trinajstić information content (AvgIpc) is 3.03. The standard InChI is InChI=1S/C14H15N3O2/c18-14(9-5-10-2-3-11(6-9)15-10)8-1-4-12-13(7-8)17-19-16-12/h1,4,7,9-11,15H,2-3,5-6H2. The van der Waals surface area contributed by atoms with Gasteiger partial charge in [-0.2, -0.15) is 0 Å². The molecule has 2 unspecified atom stereocenters. The lowest BCUT2D eigenvalue weighted by molar-refractivity contribution is 0.0876. The number of aromatic nitrogens is 2. The van der Waals surface area contributed by atoms with Crippen LogP contribution in [-0.4, -0.2) is 28.2 Å². The van der Waals surface area contributed by atoms with Gasteiger partial charge in [0, 0.05) is 23.6 Å². The van der Waals surface area contributed by atoms with Crippen molar-refractivity contribution in [2.45, 2.75) is 37.8 Å². The van der Waals surface area contributed by atoms with Crippen molar-refractivity contribution in [2.75, 3.05) is 0 Å². The largest absolute Gasteiger partial charge is 0.311 e. The van der Waals surface area contributed by atoms with Crippen LogP contribution in [-0.2, 0) is 0 Å². The van der Waals surface area contributed by atoms with E-state index in [1.807, 2.05) is 6.07 Å². The second-order valence-electron chi connectivity index (χ2n) is 5.64. The summed E-state index contributed by atoms with van der Waals surface area (Å²) in [7, 11) is 0. The molecule has 0 spiro atoms. The molecular weight excluding hydrogens is 242 g/mol. The molecule has 4 rings (SSSR count). The number of ketones is 1. The third-order valence-electron chi connectivity index (χ3n) is 4.38. The van der Waals surface area contributed by atoms with E-state index in [4.69, 9.17) is 0 Å². The maximum atomic E-state index is 12.6. The summed E-state index contributed by atoms with van der Waals surface area (Å²) in [5.41, 5.74) is 2.08. The third kappa shape index (κ3) is 1.85. The molecule has 19 heavy (non-hydrogen) atoms. The van der Waals surface area contributed by atoms with Crippen molar-refractivity contribution in [2.24, 2.45) is 5.92 Å². The number of piperidine rings is 1. The highest BCUT2D eigenvalue weighted by molar-refractivity contribution is 6.00. The molecule has 5 heteroatoms. The number of carbonyl (C=O) groups is 1. The van der Waals surface area contributed by atoms with Crippen molar-refractivity contribution >= 4 is 16.8 Å². The van der Waals surface area contributed by atoms with E-state index in [1.165, 1.54) is 12.8 Å². The molecule has 0 radical (unpaired) electrons. The van der Waals surface area contributed by atoms with Gasteiger partial charge >= 0.3 is 0 Å². The Morgan fingerprint density at radius 3 is 2.68 bits per heavy atom. The van der Waals surface area contributed by atoms with E-state index >= 15 is 0 Å². The van der Waals surface area contributed by atoms with Gasteiger partial charge in [-0.15, -0.1) is 0 Å². The van der Waals surface area contributed by atoms with Crippen LogP contribution < -0.4 is 5.32 Å². The molecule has 2 aliphatic rings. The molecule has 0 saturated carbocycles. The van der Waals surface area contributed by atoms with E-state index in [0.717, 1.165) is 18.4 Å².